The molecule has 4 bridgehead atoms. The predicted molar refractivity (Wildman–Crippen MR) is 142 cm³/mol. The first-order valence-corrected chi connectivity index (χ1v) is 14.5. The Morgan fingerprint density at radius 1 is 0.919 bits per heavy atom. The van der Waals surface area contributed by atoms with Gasteiger partial charge < -0.3 is 9.30 Å². The van der Waals surface area contributed by atoms with Crippen molar-refractivity contribution in [3.63, 3.8) is 0 Å². The minimum atomic E-state index is -0.422. The van der Waals surface area contributed by atoms with Gasteiger partial charge in [0.15, 0.2) is 11.5 Å². The van der Waals surface area contributed by atoms with Gasteiger partial charge in [-0.3, -0.25) is 19.3 Å². The summed E-state index contributed by atoms with van der Waals surface area (Å²) in [7, 11) is 0. The topological polar surface area (TPSA) is 81.5 Å². The van der Waals surface area contributed by atoms with E-state index in [0.29, 0.717) is 23.6 Å². The molecule has 7 heteroatoms. The van der Waals surface area contributed by atoms with Gasteiger partial charge in [-0.1, -0.05) is 37.8 Å². The molecule has 7 nitrogen and oxygen atoms in total. The minimum absolute atomic E-state index is 0.0352. The molecule has 2 aromatic rings. The van der Waals surface area contributed by atoms with Gasteiger partial charge in [0.2, 0.25) is 0 Å². The first-order chi connectivity index (χ1) is 18.0. The normalized spacial score (nSPS) is 31.4. The third-order valence-electron chi connectivity index (χ3n) is 9.58. The average Bonchev–Trinajstić information content (AvgIpc) is 3.11. The molecule has 2 unspecified atom stereocenters. The molecule has 5 atom stereocenters. The second-order valence-corrected chi connectivity index (χ2v) is 11.8. The molecule has 0 amide bonds. The first-order valence-electron chi connectivity index (χ1n) is 14.5. The molecule has 1 aromatic carbocycles. The highest BCUT2D eigenvalue weighted by Gasteiger charge is 2.49. The zero-order valence-corrected chi connectivity index (χ0v) is 21.9. The fourth-order valence-corrected chi connectivity index (χ4v) is 8.22. The number of piperidine rings is 1. The fraction of sp³-hybridized carbons (Fsp3) is 0.667. The quantitative estimate of drug-likeness (QED) is 0.387. The summed E-state index contributed by atoms with van der Waals surface area (Å²) < 4.78 is 6.89. The molecule has 4 aliphatic rings. The number of Topliss-reactive ketones (excluding diaryl/α,β-unsaturated/α-hetero) is 1. The summed E-state index contributed by atoms with van der Waals surface area (Å²) in [6, 6.07) is 9.21. The summed E-state index contributed by atoms with van der Waals surface area (Å²) in [6.07, 6.45) is 12.5. The van der Waals surface area contributed by atoms with Crippen molar-refractivity contribution >= 4 is 22.8 Å². The van der Waals surface area contributed by atoms with Crippen molar-refractivity contribution in [3.05, 3.63) is 40.3 Å². The summed E-state index contributed by atoms with van der Waals surface area (Å²) >= 11 is 0. The number of hydrogen-bond donors (Lipinski definition) is 0. The molecule has 1 aromatic heterocycles. The van der Waals surface area contributed by atoms with Gasteiger partial charge in [0.25, 0.3) is 5.56 Å². The van der Waals surface area contributed by atoms with Crippen molar-refractivity contribution < 1.29 is 14.3 Å². The number of carbonyl (C=O) groups is 2. The van der Waals surface area contributed by atoms with Gasteiger partial charge >= 0.3 is 5.97 Å². The van der Waals surface area contributed by atoms with Crippen molar-refractivity contribution in [1.29, 1.82) is 0 Å². The van der Waals surface area contributed by atoms with Crippen molar-refractivity contribution in [2.45, 2.75) is 108 Å². The summed E-state index contributed by atoms with van der Waals surface area (Å²) in [5, 5.41) is 0. The molecule has 0 radical (unpaired) electrons. The number of ether oxygens (including phenoxy) is 1. The van der Waals surface area contributed by atoms with Crippen LogP contribution in [0.1, 0.15) is 101 Å². The molecule has 2 saturated carbocycles. The molecule has 6 rings (SSSR count). The van der Waals surface area contributed by atoms with Crippen LogP contribution in [0.2, 0.25) is 0 Å². The van der Waals surface area contributed by atoms with Crippen molar-refractivity contribution in [1.82, 2.24) is 14.5 Å². The van der Waals surface area contributed by atoms with Crippen LogP contribution >= 0.6 is 0 Å². The first kappa shape index (κ1) is 24.8. The Balaban J connectivity index is 1.34. The van der Waals surface area contributed by atoms with Gasteiger partial charge in [-0.25, -0.2) is 4.98 Å². The van der Waals surface area contributed by atoms with Gasteiger partial charge in [0, 0.05) is 24.5 Å². The number of benzene rings is 1. The van der Waals surface area contributed by atoms with E-state index >= 15 is 0 Å². The van der Waals surface area contributed by atoms with Gasteiger partial charge in [-0.2, -0.15) is 0 Å². The molecule has 0 N–H and O–H groups in total. The molecule has 37 heavy (non-hydrogen) atoms. The Labute approximate surface area is 218 Å². The summed E-state index contributed by atoms with van der Waals surface area (Å²) in [5.41, 5.74) is 1.14. The molecule has 2 aliphatic heterocycles. The maximum atomic E-state index is 14.0. The van der Waals surface area contributed by atoms with E-state index < -0.39 is 5.97 Å². The van der Waals surface area contributed by atoms with Gasteiger partial charge in [0.1, 0.15) is 0 Å². The zero-order valence-electron chi connectivity index (χ0n) is 21.9. The number of para-hydroxylation sites is 2. The lowest BCUT2D eigenvalue weighted by molar-refractivity contribution is -0.143. The zero-order chi connectivity index (χ0) is 25.5. The SMILES string of the molecule is CCOC(=O)CCC(=O)c1nc2ccccc2n([C@@H]2C[C@@H]3CCC[C@H]2N3C2CC3CCCC(C3)C2)c1=O. The molecule has 2 saturated heterocycles. The largest absolute Gasteiger partial charge is 0.466 e. The van der Waals surface area contributed by atoms with Gasteiger partial charge in [-0.05, 0) is 69.4 Å². The smallest absolute Gasteiger partial charge is 0.306 e. The number of carbonyl (C=O) groups excluding carboxylic acids is 2. The van der Waals surface area contributed by atoms with E-state index in [0.717, 1.165) is 30.2 Å². The van der Waals surface area contributed by atoms with Crippen molar-refractivity contribution in [2.24, 2.45) is 11.8 Å². The van der Waals surface area contributed by atoms with Gasteiger partial charge in [0.05, 0.1) is 30.1 Å². The monoisotopic (exact) mass is 505 g/mol. The fourth-order valence-electron chi connectivity index (χ4n) is 8.22. The van der Waals surface area contributed by atoms with Gasteiger partial charge in [-0.15, -0.1) is 0 Å². The molecule has 198 valence electrons. The third-order valence-corrected chi connectivity index (χ3v) is 9.58. The Morgan fingerprint density at radius 3 is 2.46 bits per heavy atom. The van der Waals surface area contributed by atoms with Crippen LogP contribution in [-0.2, 0) is 9.53 Å². The van der Waals surface area contributed by atoms with E-state index in [2.05, 4.69) is 9.88 Å². The number of nitrogens with zero attached hydrogens (tertiary/aromatic N) is 3. The average molecular weight is 506 g/mol. The Bertz CT molecular complexity index is 1230. The van der Waals surface area contributed by atoms with E-state index in [1.165, 1.54) is 51.4 Å². The Morgan fingerprint density at radius 2 is 1.68 bits per heavy atom. The van der Waals surface area contributed by atoms with Crippen LogP contribution in [-0.4, -0.2) is 50.9 Å². The highest BCUT2D eigenvalue weighted by molar-refractivity contribution is 5.97. The number of rotatable bonds is 7. The molecular weight excluding hydrogens is 466 g/mol. The lowest BCUT2D eigenvalue weighted by Crippen LogP contribution is -2.51. The van der Waals surface area contributed by atoms with Crippen LogP contribution < -0.4 is 5.56 Å². The third kappa shape index (κ3) is 4.64. The van der Waals surface area contributed by atoms with E-state index in [-0.39, 0.29) is 42.5 Å². The second-order valence-electron chi connectivity index (χ2n) is 11.8. The van der Waals surface area contributed by atoms with Crippen LogP contribution in [0.3, 0.4) is 0 Å². The lowest BCUT2D eigenvalue weighted by atomic mass is 9.69. The number of hydrogen-bond acceptors (Lipinski definition) is 6. The van der Waals surface area contributed by atoms with Crippen LogP contribution in [0.15, 0.2) is 29.1 Å². The minimum Gasteiger partial charge on any atom is -0.466 e. The number of ketones is 1. The van der Waals surface area contributed by atoms with Crippen LogP contribution in [0.5, 0.6) is 0 Å². The number of aromatic nitrogens is 2. The van der Waals surface area contributed by atoms with Crippen molar-refractivity contribution in [3.8, 4) is 0 Å². The van der Waals surface area contributed by atoms with Crippen LogP contribution in [0, 0.1) is 11.8 Å². The predicted octanol–water partition coefficient (Wildman–Crippen LogP) is 5.06. The summed E-state index contributed by atoms with van der Waals surface area (Å²) in [5.74, 6) is 0.931. The van der Waals surface area contributed by atoms with Crippen molar-refractivity contribution in [2.75, 3.05) is 6.61 Å². The summed E-state index contributed by atoms with van der Waals surface area (Å²) in [4.78, 5) is 46.3. The molecule has 0 spiro atoms. The van der Waals surface area contributed by atoms with E-state index in [9.17, 15) is 14.4 Å². The van der Waals surface area contributed by atoms with E-state index in [4.69, 9.17) is 4.74 Å². The standard InChI is InChI=1S/C30H39N3O4/c1-2-37-28(35)14-13-27(34)29-30(36)33(24-11-4-3-10-23(24)31-29)26-18-21-9-6-12-25(26)32(21)22-16-19-7-5-8-20(15-19)17-22/h3-4,10-11,19-22,25-26H,2,5-9,12-18H2,1H3/t19?,20?,21-,22?,25+,26+/m0/s1. The highest BCUT2D eigenvalue weighted by Crippen LogP contribution is 2.49. The van der Waals surface area contributed by atoms with Crippen LogP contribution in [0.25, 0.3) is 11.0 Å². The number of fused-ring (bicyclic) bond motifs is 5. The molecular formula is C30H39N3O4. The lowest BCUT2D eigenvalue weighted by Gasteiger charge is -2.48. The van der Waals surface area contributed by atoms with E-state index in [1.807, 2.05) is 28.8 Å². The summed E-state index contributed by atoms with van der Waals surface area (Å²) in [6.45, 7) is 2.02. The van der Waals surface area contributed by atoms with E-state index in [1.54, 1.807) is 6.92 Å². The number of esters is 1. The Kier molecular flexibility index (Phi) is 6.91. The maximum Gasteiger partial charge on any atom is 0.306 e. The Hall–Kier alpha value is -2.54. The molecule has 4 fully saturated rings. The second kappa shape index (κ2) is 10.3. The molecule has 3 heterocycles. The maximum absolute atomic E-state index is 14.0. The molecule has 2 aliphatic carbocycles. The van der Waals surface area contributed by atoms with Crippen LogP contribution in [0.4, 0.5) is 0 Å². The highest BCUT2D eigenvalue weighted by atomic mass is 16.5.